The topological polar surface area (TPSA) is 104 Å². The first-order valence-corrected chi connectivity index (χ1v) is 9.54. The third kappa shape index (κ3) is 4.23. The van der Waals surface area contributed by atoms with Gasteiger partial charge < -0.3 is 14.9 Å². The van der Waals surface area contributed by atoms with E-state index in [1.807, 2.05) is 25.1 Å². The van der Waals surface area contributed by atoms with Crippen LogP contribution in [0.1, 0.15) is 23.6 Å². The molecule has 0 aromatic heterocycles. The Bertz CT molecular complexity index is 984. The summed E-state index contributed by atoms with van der Waals surface area (Å²) in [5, 5.41) is 21.8. The molecule has 2 aromatic rings. The van der Waals surface area contributed by atoms with Gasteiger partial charge in [-0.25, -0.2) is 0 Å². The van der Waals surface area contributed by atoms with E-state index in [0.29, 0.717) is 18.5 Å². The fraction of sp³-hybridized carbons (Fsp3) is 0.273. The van der Waals surface area contributed by atoms with E-state index in [2.05, 4.69) is 0 Å². The van der Waals surface area contributed by atoms with Crippen molar-refractivity contribution in [3.05, 3.63) is 81.4 Å². The molecule has 156 valence electrons. The maximum atomic E-state index is 12.9. The Kier molecular flexibility index (Phi) is 6.27. The van der Waals surface area contributed by atoms with E-state index in [1.54, 1.807) is 24.3 Å². The van der Waals surface area contributed by atoms with Gasteiger partial charge in [0.1, 0.15) is 5.76 Å². The molecule has 3 rings (SSSR count). The van der Waals surface area contributed by atoms with Crippen LogP contribution in [0.4, 0.5) is 5.69 Å². The molecule has 0 aliphatic carbocycles. The summed E-state index contributed by atoms with van der Waals surface area (Å²) in [6.07, 6.45) is 0.668. The third-order valence-corrected chi connectivity index (χ3v) is 5.01. The number of nitro benzene ring substituents is 1. The monoisotopic (exact) mass is 409 g/mol. The van der Waals surface area contributed by atoms with Gasteiger partial charge in [-0.1, -0.05) is 30.3 Å². The second-order valence-electron chi connectivity index (χ2n) is 7.36. The molecular formula is C22H23N3O5. The van der Waals surface area contributed by atoms with Gasteiger partial charge in [-0.05, 0) is 44.8 Å². The minimum absolute atomic E-state index is 0.00935. The number of carbonyl (C=O) groups excluding carboxylic acids is 2. The summed E-state index contributed by atoms with van der Waals surface area (Å²) < 4.78 is 0. The molecule has 2 aromatic carbocycles. The Hall–Kier alpha value is -3.52. The Morgan fingerprint density at radius 2 is 1.73 bits per heavy atom. The summed E-state index contributed by atoms with van der Waals surface area (Å²) in [6.45, 7) is 1.10. The predicted molar refractivity (Wildman–Crippen MR) is 112 cm³/mol. The first-order chi connectivity index (χ1) is 14.3. The molecule has 0 radical (unpaired) electrons. The van der Waals surface area contributed by atoms with Gasteiger partial charge in [-0.2, -0.15) is 0 Å². The van der Waals surface area contributed by atoms with Crippen LogP contribution in [0.5, 0.6) is 0 Å². The highest BCUT2D eigenvalue weighted by atomic mass is 16.6. The molecule has 1 atom stereocenters. The summed E-state index contributed by atoms with van der Waals surface area (Å²) >= 11 is 0. The van der Waals surface area contributed by atoms with Gasteiger partial charge in [-0.15, -0.1) is 0 Å². The molecule has 8 nitrogen and oxygen atoms in total. The fourth-order valence-corrected chi connectivity index (χ4v) is 3.55. The number of ketones is 1. The number of hydrogen-bond donors (Lipinski definition) is 1. The number of hydrogen-bond acceptors (Lipinski definition) is 6. The highest BCUT2D eigenvalue weighted by molar-refractivity contribution is 6.46. The predicted octanol–water partition coefficient (Wildman–Crippen LogP) is 2.97. The summed E-state index contributed by atoms with van der Waals surface area (Å²) in [5.41, 5.74) is 0.818. The molecule has 1 aliphatic heterocycles. The second-order valence-corrected chi connectivity index (χ2v) is 7.36. The smallest absolute Gasteiger partial charge is 0.295 e. The average Bonchev–Trinajstić information content (AvgIpc) is 2.98. The Morgan fingerprint density at radius 1 is 1.10 bits per heavy atom. The molecule has 1 aliphatic rings. The zero-order valence-electron chi connectivity index (χ0n) is 16.8. The van der Waals surface area contributed by atoms with Crippen LogP contribution in [-0.4, -0.2) is 58.7 Å². The molecule has 30 heavy (non-hydrogen) atoms. The van der Waals surface area contributed by atoms with Gasteiger partial charge in [0.05, 0.1) is 16.5 Å². The number of aliphatic hydroxyl groups is 1. The summed E-state index contributed by atoms with van der Waals surface area (Å²) in [6, 6.07) is 13.6. The van der Waals surface area contributed by atoms with Crippen LogP contribution in [-0.2, 0) is 9.59 Å². The zero-order chi connectivity index (χ0) is 21.8. The van der Waals surface area contributed by atoms with E-state index in [-0.39, 0.29) is 22.6 Å². The molecule has 1 heterocycles. The quantitative estimate of drug-likeness (QED) is 0.248. The van der Waals surface area contributed by atoms with Gasteiger partial charge in [0.15, 0.2) is 0 Å². The molecule has 1 fully saturated rings. The minimum atomic E-state index is -0.760. The normalized spacial score (nSPS) is 18.2. The largest absolute Gasteiger partial charge is 0.507 e. The number of benzene rings is 2. The van der Waals surface area contributed by atoms with Crippen molar-refractivity contribution in [3.63, 3.8) is 0 Å². The van der Waals surface area contributed by atoms with Gasteiger partial charge in [0.25, 0.3) is 17.4 Å². The minimum Gasteiger partial charge on any atom is -0.507 e. The number of Topliss-reactive ketones (excluding diaryl/α,β-unsaturated/α-hetero) is 1. The molecule has 0 saturated carbocycles. The molecular weight excluding hydrogens is 386 g/mol. The van der Waals surface area contributed by atoms with E-state index in [1.165, 1.54) is 29.2 Å². The lowest BCUT2D eigenvalue weighted by molar-refractivity contribution is -0.384. The van der Waals surface area contributed by atoms with Crippen LogP contribution >= 0.6 is 0 Å². The molecule has 1 saturated heterocycles. The van der Waals surface area contributed by atoms with Crippen molar-refractivity contribution in [2.75, 3.05) is 27.2 Å². The number of nitrogens with zero attached hydrogens (tertiary/aromatic N) is 3. The Morgan fingerprint density at radius 3 is 2.30 bits per heavy atom. The van der Waals surface area contributed by atoms with Crippen molar-refractivity contribution < 1.29 is 19.6 Å². The lowest BCUT2D eigenvalue weighted by Gasteiger charge is -2.26. The van der Waals surface area contributed by atoms with Gasteiger partial charge >= 0.3 is 0 Å². The van der Waals surface area contributed by atoms with Crippen molar-refractivity contribution in [2.45, 2.75) is 12.5 Å². The van der Waals surface area contributed by atoms with E-state index in [0.717, 1.165) is 6.54 Å². The van der Waals surface area contributed by atoms with Crippen molar-refractivity contribution in [3.8, 4) is 0 Å². The highest BCUT2D eigenvalue weighted by Gasteiger charge is 2.45. The maximum Gasteiger partial charge on any atom is 0.295 e. The van der Waals surface area contributed by atoms with Crippen LogP contribution in [0.15, 0.2) is 60.2 Å². The summed E-state index contributed by atoms with van der Waals surface area (Å²) in [4.78, 5) is 39.5. The van der Waals surface area contributed by atoms with Gasteiger partial charge in [0.2, 0.25) is 0 Å². The second kappa shape index (κ2) is 8.87. The lowest BCUT2D eigenvalue weighted by Crippen LogP contribution is -2.32. The standard InChI is InChI=1S/C22H23N3O5/c1-23(2)13-6-14-24-19(15-7-4-3-5-8-15)18(21(27)22(24)28)20(26)16-9-11-17(12-10-16)25(29)30/h3-5,7-12,19,26H,6,13-14H2,1-2H3/t19-/m0/s1. The van der Waals surface area contributed by atoms with Gasteiger partial charge in [-0.3, -0.25) is 19.7 Å². The number of amides is 1. The van der Waals surface area contributed by atoms with Crippen LogP contribution < -0.4 is 0 Å². The van der Waals surface area contributed by atoms with E-state index < -0.39 is 22.7 Å². The zero-order valence-corrected chi connectivity index (χ0v) is 16.8. The van der Waals surface area contributed by atoms with Crippen molar-refractivity contribution in [2.24, 2.45) is 0 Å². The fourth-order valence-electron chi connectivity index (χ4n) is 3.55. The number of likely N-dealkylation sites (tertiary alicyclic amines) is 1. The lowest BCUT2D eigenvalue weighted by atomic mass is 9.95. The Balaban J connectivity index is 2.05. The van der Waals surface area contributed by atoms with Crippen LogP contribution in [0, 0.1) is 10.1 Å². The molecule has 0 spiro atoms. The summed E-state index contributed by atoms with van der Waals surface area (Å²) in [5.74, 6) is -1.76. The average molecular weight is 409 g/mol. The maximum absolute atomic E-state index is 12.9. The molecule has 0 unspecified atom stereocenters. The first-order valence-electron chi connectivity index (χ1n) is 9.54. The summed E-state index contributed by atoms with van der Waals surface area (Å²) in [7, 11) is 3.86. The number of rotatable bonds is 7. The molecule has 0 bridgehead atoms. The highest BCUT2D eigenvalue weighted by Crippen LogP contribution is 2.39. The van der Waals surface area contributed by atoms with Crippen LogP contribution in [0.2, 0.25) is 0 Å². The van der Waals surface area contributed by atoms with E-state index in [9.17, 15) is 24.8 Å². The molecule has 8 heteroatoms. The number of carbonyl (C=O) groups is 2. The molecule has 1 N–H and O–H groups in total. The van der Waals surface area contributed by atoms with Crippen LogP contribution in [0.3, 0.4) is 0 Å². The number of non-ortho nitro benzene ring substituents is 1. The van der Waals surface area contributed by atoms with Gasteiger partial charge in [0, 0.05) is 24.2 Å². The van der Waals surface area contributed by atoms with Crippen molar-refractivity contribution in [1.82, 2.24) is 9.80 Å². The van der Waals surface area contributed by atoms with Crippen LogP contribution in [0.25, 0.3) is 5.76 Å². The SMILES string of the molecule is CN(C)CCCN1C(=O)C(=O)C(=C(O)c2ccc([N+](=O)[O-])cc2)[C@@H]1c1ccccc1. The third-order valence-electron chi connectivity index (χ3n) is 5.01. The number of aliphatic hydroxyl groups excluding tert-OH is 1. The molecule has 1 amide bonds. The van der Waals surface area contributed by atoms with Crippen molar-refractivity contribution in [1.29, 1.82) is 0 Å². The van der Waals surface area contributed by atoms with E-state index >= 15 is 0 Å². The first kappa shape index (κ1) is 21.2. The number of nitro groups is 1. The van der Waals surface area contributed by atoms with E-state index in [4.69, 9.17) is 0 Å². The van der Waals surface area contributed by atoms with Crippen molar-refractivity contribution >= 4 is 23.1 Å². The Labute approximate surface area is 174 Å².